The first kappa shape index (κ1) is 20.5. The molecule has 0 aliphatic rings. The Morgan fingerprint density at radius 1 is 1.16 bits per heavy atom. The number of carbonyl (C=O) groups excluding carboxylic acids is 1. The molecule has 31 heavy (non-hydrogen) atoms. The van der Waals surface area contributed by atoms with Crippen molar-refractivity contribution in [2.75, 3.05) is 5.32 Å². The summed E-state index contributed by atoms with van der Waals surface area (Å²) in [4.78, 5) is 36.1. The number of aryl methyl sites for hydroxylation is 2. The highest BCUT2D eigenvalue weighted by Gasteiger charge is 2.14. The van der Waals surface area contributed by atoms with Crippen molar-refractivity contribution in [2.45, 2.75) is 24.6 Å². The van der Waals surface area contributed by atoms with Crippen LogP contribution in [0.3, 0.4) is 0 Å². The first-order chi connectivity index (χ1) is 15.0. The van der Waals surface area contributed by atoms with Gasteiger partial charge in [0.15, 0.2) is 0 Å². The van der Waals surface area contributed by atoms with Gasteiger partial charge < -0.3 is 14.8 Å². The quantitative estimate of drug-likeness (QED) is 0.442. The number of nitrogens with one attached hydrogen (secondary N) is 2. The van der Waals surface area contributed by atoms with E-state index in [1.807, 2.05) is 19.1 Å². The van der Waals surface area contributed by atoms with E-state index in [2.05, 4.69) is 25.4 Å². The van der Waals surface area contributed by atoms with E-state index < -0.39 is 0 Å². The molecular formula is C22H19N5O3S. The zero-order valence-electron chi connectivity index (χ0n) is 16.9. The normalized spacial score (nSPS) is 10.8. The van der Waals surface area contributed by atoms with Gasteiger partial charge in [-0.3, -0.25) is 9.59 Å². The van der Waals surface area contributed by atoms with E-state index >= 15 is 0 Å². The maximum Gasteiger partial charge on any atom is 0.258 e. The number of hydrogen-bond acceptors (Lipinski definition) is 7. The highest BCUT2D eigenvalue weighted by atomic mass is 32.2. The summed E-state index contributed by atoms with van der Waals surface area (Å²) in [5.41, 5.74) is 2.91. The Balaban J connectivity index is 1.53. The molecule has 1 amide bonds. The fourth-order valence-corrected chi connectivity index (χ4v) is 3.84. The molecule has 3 heterocycles. The lowest BCUT2D eigenvalue weighted by Gasteiger charge is -2.10. The molecule has 0 saturated carbocycles. The number of hydrogen-bond donors (Lipinski definition) is 2. The Labute approximate surface area is 182 Å². The van der Waals surface area contributed by atoms with Crippen LogP contribution in [0.2, 0.25) is 0 Å². The third-order valence-corrected chi connectivity index (χ3v) is 5.35. The number of aromatic nitrogens is 4. The highest BCUT2D eigenvalue weighted by molar-refractivity contribution is 7.98. The molecular weight excluding hydrogens is 414 g/mol. The highest BCUT2D eigenvalue weighted by Crippen LogP contribution is 2.25. The molecule has 0 saturated heterocycles. The van der Waals surface area contributed by atoms with Crippen molar-refractivity contribution in [1.29, 1.82) is 0 Å². The third kappa shape index (κ3) is 5.07. The molecule has 0 atom stereocenters. The van der Waals surface area contributed by atoms with E-state index in [4.69, 9.17) is 4.52 Å². The molecule has 0 aliphatic heterocycles. The first-order valence-corrected chi connectivity index (χ1v) is 10.5. The van der Waals surface area contributed by atoms with Gasteiger partial charge in [-0.2, -0.15) is 0 Å². The molecule has 156 valence electrons. The third-order valence-electron chi connectivity index (χ3n) is 4.31. The van der Waals surface area contributed by atoms with E-state index in [1.54, 1.807) is 43.5 Å². The maximum atomic E-state index is 12.9. The van der Waals surface area contributed by atoms with Crippen LogP contribution in [0.5, 0.6) is 0 Å². The SMILES string of the molecule is Cc1cc(=O)[nH]c(-c2cccc(NC(=O)c3cccnc3SCc3cc(C)on3)c2)n1. The summed E-state index contributed by atoms with van der Waals surface area (Å²) in [6.45, 7) is 3.59. The van der Waals surface area contributed by atoms with Crippen LogP contribution in [0.1, 0.15) is 27.5 Å². The Morgan fingerprint density at radius 2 is 2.03 bits per heavy atom. The van der Waals surface area contributed by atoms with Crippen LogP contribution in [0.15, 0.2) is 69.1 Å². The average Bonchev–Trinajstić information content (AvgIpc) is 3.17. The van der Waals surface area contributed by atoms with E-state index in [0.29, 0.717) is 39.1 Å². The monoisotopic (exact) mass is 433 g/mol. The minimum atomic E-state index is -0.283. The second-order valence-corrected chi connectivity index (χ2v) is 7.81. The smallest absolute Gasteiger partial charge is 0.258 e. The molecule has 0 spiro atoms. The Hall–Kier alpha value is -3.72. The van der Waals surface area contributed by atoms with Crippen molar-refractivity contribution in [3.63, 3.8) is 0 Å². The van der Waals surface area contributed by atoms with Gasteiger partial charge in [-0.15, -0.1) is 0 Å². The molecule has 4 aromatic rings. The lowest BCUT2D eigenvalue weighted by Crippen LogP contribution is -2.14. The Bertz CT molecular complexity index is 1300. The largest absolute Gasteiger partial charge is 0.361 e. The summed E-state index contributed by atoms with van der Waals surface area (Å²) in [5.74, 6) is 1.44. The number of thioether (sulfide) groups is 1. The summed E-state index contributed by atoms with van der Waals surface area (Å²) < 4.78 is 5.08. The number of amides is 1. The van der Waals surface area contributed by atoms with Crippen LogP contribution in [0, 0.1) is 13.8 Å². The zero-order valence-corrected chi connectivity index (χ0v) is 17.7. The van der Waals surface area contributed by atoms with Crippen molar-refractivity contribution < 1.29 is 9.32 Å². The number of benzene rings is 1. The van der Waals surface area contributed by atoms with Gasteiger partial charge >= 0.3 is 0 Å². The number of anilines is 1. The van der Waals surface area contributed by atoms with Crippen LogP contribution < -0.4 is 10.9 Å². The van der Waals surface area contributed by atoms with Crippen molar-refractivity contribution in [2.24, 2.45) is 0 Å². The summed E-state index contributed by atoms with van der Waals surface area (Å²) in [7, 11) is 0. The van der Waals surface area contributed by atoms with Gasteiger partial charge in [-0.25, -0.2) is 9.97 Å². The topological polar surface area (TPSA) is 114 Å². The molecule has 8 nitrogen and oxygen atoms in total. The van der Waals surface area contributed by atoms with E-state index in [1.165, 1.54) is 17.8 Å². The number of pyridine rings is 1. The number of carbonyl (C=O) groups is 1. The maximum absolute atomic E-state index is 12.9. The number of nitrogens with zero attached hydrogens (tertiary/aromatic N) is 3. The molecule has 0 fully saturated rings. The van der Waals surface area contributed by atoms with Gasteiger partial charge in [-0.05, 0) is 38.1 Å². The minimum absolute atomic E-state index is 0.226. The lowest BCUT2D eigenvalue weighted by atomic mass is 10.1. The predicted molar refractivity (Wildman–Crippen MR) is 118 cm³/mol. The predicted octanol–water partition coefficient (Wildman–Crippen LogP) is 3.98. The molecule has 0 radical (unpaired) electrons. The van der Waals surface area contributed by atoms with Crippen LogP contribution in [0.25, 0.3) is 11.4 Å². The van der Waals surface area contributed by atoms with Crippen LogP contribution in [-0.2, 0) is 5.75 Å². The van der Waals surface area contributed by atoms with Gasteiger partial charge in [0.05, 0.1) is 11.3 Å². The van der Waals surface area contributed by atoms with Gasteiger partial charge in [0.25, 0.3) is 11.5 Å². The molecule has 9 heteroatoms. The van der Waals surface area contributed by atoms with Crippen LogP contribution >= 0.6 is 11.8 Å². The number of H-pyrrole nitrogens is 1. The van der Waals surface area contributed by atoms with Crippen LogP contribution in [-0.4, -0.2) is 26.0 Å². The average molecular weight is 433 g/mol. The van der Waals surface area contributed by atoms with E-state index in [9.17, 15) is 9.59 Å². The molecule has 0 unspecified atom stereocenters. The van der Waals surface area contributed by atoms with E-state index in [-0.39, 0.29) is 11.5 Å². The van der Waals surface area contributed by atoms with Gasteiger partial charge in [-0.1, -0.05) is 29.1 Å². The van der Waals surface area contributed by atoms with Crippen LogP contribution in [0.4, 0.5) is 5.69 Å². The summed E-state index contributed by atoms with van der Waals surface area (Å²) in [6.07, 6.45) is 1.65. The Morgan fingerprint density at radius 3 is 2.81 bits per heavy atom. The summed E-state index contributed by atoms with van der Waals surface area (Å²) in [6, 6.07) is 13.9. The summed E-state index contributed by atoms with van der Waals surface area (Å²) >= 11 is 1.41. The number of rotatable bonds is 6. The Kier molecular flexibility index (Phi) is 5.94. The minimum Gasteiger partial charge on any atom is -0.361 e. The zero-order chi connectivity index (χ0) is 21.8. The van der Waals surface area contributed by atoms with E-state index in [0.717, 1.165) is 11.5 Å². The second kappa shape index (κ2) is 8.97. The molecule has 4 rings (SSSR count). The molecule has 0 bridgehead atoms. The standard InChI is InChI=1S/C22H19N5O3S/c1-13-9-19(28)26-20(24-13)15-5-3-6-16(11-15)25-21(29)18-7-4-8-23-22(18)31-12-17-10-14(2)30-27-17/h3-11H,12H2,1-2H3,(H,25,29)(H,24,26,28). The van der Waals surface area contributed by atoms with Crippen molar-refractivity contribution in [3.05, 3.63) is 87.8 Å². The van der Waals surface area contributed by atoms with Gasteiger partial charge in [0, 0.05) is 41.0 Å². The second-order valence-electron chi connectivity index (χ2n) is 6.84. The van der Waals surface area contributed by atoms with Gasteiger partial charge in [0.2, 0.25) is 0 Å². The van der Waals surface area contributed by atoms with Gasteiger partial charge in [0.1, 0.15) is 16.6 Å². The lowest BCUT2D eigenvalue weighted by molar-refractivity contribution is 0.102. The fraction of sp³-hybridized carbons (Fsp3) is 0.136. The first-order valence-electron chi connectivity index (χ1n) is 9.48. The molecule has 3 aromatic heterocycles. The van der Waals surface area contributed by atoms with Crippen molar-refractivity contribution in [1.82, 2.24) is 20.1 Å². The van der Waals surface area contributed by atoms with Crippen molar-refractivity contribution in [3.8, 4) is 11.4 Å². The number of aromatic amines is 1. The molecule has 2 N–H and O–H groups in total. The summed E-state index contributed by atoms with van der Waals surface area (Å²) in [5, 5.41) is 7.46. The molecule has 1 aromatic carbocycles. The van der Waals surface area contributed by atoms with Crippen molar-refractivity contribution >= 4 is 23.4 Å². The fourth-order valence-electron chi connectivity index (χ4n) is 2.97. The molecule has 0 aliphatic carbocycles.